The lowest BCUT2D eigenvalue weighted by molar-refractivity contribution is -0.151. The number of aliphatic hydroxyl groups is 2. The number of aliphatic hydroxyl groups excluding tert-OH is 2. The summed E-state index contributed by atoms with van der Waals surface area (Å²) in [6, 6.07) is -0.714. The topological polar surface area (TPSA) is 95.9 Å². The molecule has 6 heteroatoms. The number of hydrogen-bond donors (Lipinski definition) is 3. The predicted molar refractivity (Wildman–Crippen MR) is 278 cm³/mol. The first-order chi connectivity index (χ1) is 31.5. The van der Waals surface area contributed by atoms with Crippen molar-refractivity contribution in [3.05, 3.63) is 48.6 Å². The molecule has 3 N–H and O–H groups in total. The number of carbonyl (C=O) groups is 2. The first kappa shape index (κ1) is 61.8. The van der Waals surface area contributed by atoms with Gasteiger partial charge < -0.3 is 20.3 Å². The van der Waals surface area contributed by atoms with Crippen LogP contribution in [-0.4, -0.2) is 46.9 Å². The van der Waals surface area contributed by atoms with Gasteiger partial charge in [0.15, 0.2) is 0 Å². The molecular weight excluding hydrogens is 791 g/mol. The summed E-state index contributed by atoms with van der Waals surface area (Å²) in [4.78, 5) is 26.2. The summed E-state index contributed by atoms with van der Waals surface area (Å²) < 4.78 is 5.93. The van der Waals surface area contributed by atoms with E-state index in [2.05, 4.69) is 74.7 Å². The van der Waals surface area contributed by atoms with Gasteiger partial charge in [0.1, 0.15) is 6.10 Å². The minimum atomic E-state index is -0.798. The Kier molecular flexibility index (Phi) is 50.0. The predicted octanol–water partition coefficient (Wildman–Crippen LogP) is 17.0. The van der Waals surface area contributed by atoms with Crippen LogP contribution in [-0.2, 0) is 14.3 Å². The summed E-state index contributed by atoms with van der Waals surface area (Å²) in [6.45, 7) is 6.47. The van der Waals surface area contributed by atoms with Crippen LogP contribution in [0.3, 0.4) is 0 Å². The van der Waals surface area contributed by atoms with Gasteiger partial charge in [0.05, 0.1) is 25.2 Å². The largest absolute Gasteiger partial charge is 0.462 e. The van der Waals surface area contributed by atoms with Crippen molar-refractivity contribution in [1.82, 2.24) is 5.32 Å². The summed E-state index contributed by atoms with van der Waals surface area (Å²) in [7, 11) is 0. The van der Waals surface area contributed by atoms with Crippen molar-refractivity contribution < 1.29 is 24.5 Å². The van der Waals surface area contributed by atoms with Gasteiger partial charge in [-0.25, -0.2) is 0 Å². The Hall–Kier alpha value is -2.18. The maximum absolute atomic E-state index is 13.2. The van der Waals surface area contributed by atoms with Gasteiger partial charge in [-0.1, -0.05) is 243 Å². The molecule has 0 aliphatic carbocycles. The van der Waals surface area contributed by atoms with Crippen LogP contribution < -0.4 is 5.32 Å². The molecule has 0 saturated carbocycles. The van der Waals surface area contributed by atoms with Crippen LogP contribution in [0.4, 0.5) is 0 Å². The molecule has 0 aromatic heterocycles. The maximum atomic E-state index is 13.2. The molecule has 0 fully saturated rings. The minimum absolute atomic E-state index is 0.0526. The molecule has 0 radical (unpaired) electrons. The Morgan fingerprint density at radius 1 is 0.453 bits per heavy atom. The molecule has 64 heavy (non-hydrogen) atoms. The monoisotopic (exact) mass is 898 g/mol. The van der Waals surface area contributed by atoms with Crippen LogP contribution in [0.15, 0.2) is 48.6 Å². The number of hydrogen-bond acceptors (Lipinski definition) is 5. The van der Waals surface area contributed by atoms with Crippen molar-refractivity contribution in [2.45, 2.75) is 302 Å². The smallest absolute Gasteiger partial charge is 0.306 e. The van der Waals surface area contributed by atoms with E-state index in [1.54, 1.807) is 0 Å². The van der Waals surface area contributed by atoms with Crippen molar-refractivity contribution in [3.8, 4) is 0 Å². The molecular formula is C58H107NO5. The zero-order valence-electron chi connectivity index (χ0n) is 42.7. The molecule has 0 heterocycles. The van der Waals surface area contributed by atoms with Gasteiger partial charge in [0, 0.05) is 6.42 Å². The summed E-state index contributed by atoms with van der Waals surface area (Å²) in [6.07, 6.45) is 63.2. The first-order valence-electron chi connectivity index (χ1n) is 27.9. The molecule has 3 atom stereocenters. The number of carbonyl (C=O) groups excluding carboxylic acids is 2. The standard InChI is InChI=1S/C58H107NO5/c1-4-7-10-13-16-19-22-24-26-28-29-31-33-36-39-42-45-48-51-58(63)64-54(49-46-43-40-37-35-32-30-27-25-23-20-17-14-11-8-5-2)52-57(62)59-55(53-60)56(61)50-47-44-41-38-34-21-18-15-12-9-6-3/h23,25,27,29-32,35,54-56,60-61H,4-22,24,26,28,33-34,36-53H2,1-3H3,(H,59,62)/b25-23+,30-27+,31-29+,35-32+. The van der Waals surface area contributed by atoms with Gasteiger partial charge in [0.2, 0.25) is 5.91 Å². The average Bonchev–Trinajstić information content (AvgIpc) is 3.29. The highest BCUT2D eigenvalue weighted by molar-refractivity contribution is 5.77. The van der Waals surface area contributed by atoms with E-state index in [1.165, 1.54) is 161 Å². The highest BCUT2D eigenvalue weighted by Crippen LogP contribution is 2.18. The zero-order valence-corrected chi connectivity index (χ0v) is 42.7. The summed E-state index contributed by atoms with van der Waals surface area (Å²) in [5.41, 5.74) is 0. The number of nitrogens with one attached hydrogen (secondary N) is 1. The molecule has 0 aromatic rings. The zero-order chi connectivity index (χ0) is 46.7. The van der Waals surface area contributed by atoms with E-state index in [1.807, 2.05) is 0 Å². The third-order valence-corrected chi connectivity index (χ3v) is 12.7. The van der Waals surface area contributed by atoms with Gasteiger partial charge in [0.25, 0.3) is 0 Å². The van der Waals surface area contributed by atoms with E-state index >= 15 is 0 Å². The number of amides is 1. The Labute approximate surface area is 397 Å². The van der Waals surface area contributed by atoms with Crippen molar-refractivity contribution >= 4 is 11.9 Å². The number of unbranched alkanes of at least 4 members (excludes halogenated alkanes) is 32. The Balaban J connectivity index is 4.63. The van der Waals surface area contributed by atoms with Gasteiger partial charge in [-0.15, -0.1) is 0 Å². The highest BCUT2D eigenvalue weighted by atomic mass is 16.5. The Bertz CT molecular complexity index is 1100. The molecule has 1 amide bonds. The second-order valence-electron chi connectivity index (χ2n) is 19.0. The van der Waals surface area contributed by atoms with Crippen molar-refractivity contribution in [1.29, 1.82) is 0 Å². The van der Waals surface area contributed by atoms with Crippen molar-refractivity contribution in [2.75, 3.05) is 6.61 Å². The molecule has 0 saturated heterocycles. The fraction of sp³-hybridized carbons (Fsp3) is 0.828. The second-order valence-corrected chi connectivity index (χ2v) is 19.0. The molecule has 6 nitrogen and oxygen atoms in total. The quantitative estimate of drug-likeness (QED) is 0.0245. The second kappa shape index (κ2) is 51.8. The van der Waals surface area contributed by atoms with E-state index in [4.69, 9.17) is 4.74 Å². The lowest BCUT2D eigenvalue weighted by atomic mass is 10.0. The highest BCUT2D eigenvalue weighted by Gasteiger charge is 2.24. The van der Waals surface area contributed by atoms with Crippen LogP contribution in [0.25, 0.3) is 0 Å². The third-order valence-electron chi connectivity index (χ3n) is 12.7. The number of ether oxygens (including phenoxy) is 1. The molecule has 0 rings (SSSR count). The van der Waals surface area contributed by atoms with Crippen LogP contribution in [0, 0.1) is 0 Å². The third kappa shape index (κ3) is 46.4. The van der Waals surface area contributed by atoms with E-state index < -0.39 is 18.2 Å². The molecule has 0 aliphatic heterocycles. The van der Waals surface area contributed by atoms with Crippen LogP contribution in [0.1, 0.15) is 284 Å². The normalized spacial score (nSPS) is 13.5. The molecule has 0 bridgehead atoms. The molecule has 0 spiro atoms. The minimum Gasteiger partial charge on any atom is -0.462 e. The fourth-order valence-corrected chi connectivity index (χ4v) is 8.43. The molecule has 374 valence electrons. The molecule has 0 aromatic carbocycles. The molecule has 0 aliphatic rings. The SMILES string of the molecule is CCCCCCC/C=C/C=C/C=C/CCCCCC(CC(=O)NC(CO)C(O)CCCCCCCCCCCCC)OC(=O)CCCCCCC/C=C/CCCCCCCCCCC. The van der Waals surface area contributed by atoms with Crippen LogP contribution in [0.2, 0.25) is 0 Å². The van der Waals surface area contributed by atoms with Gasteiger partial charge >= 0.3 is 5.97 Å². The van der Waals surface area contributed by atoms with Crippen LogP contribution >= 0.6 is 0 Å². The summed E-state index contributed by atoms with van der Waals surface area (Å²) in [5, 5.41) is 23.8. The number of esters is 1. The van der Waals surface area contributed by atoms with Gasteiger partial charge in [-0.05, 0) is 77.0 Å². The average molecular weight is 898 g/mol. The van der Waals surface area contributed by atoms with Gasteiger partial charge in [-0.2, -0.15) is 0 Å². The fourth-order valence-electron chi connectivity index (χ4n) is 8.43. The lowest BCUT2D eigenvalue weighted by Gasteiger charge is -2.24. The lowest BCUT2D eigenvalue weighted by Crippen LogP contribution is -2.46. The van der Waals surface area contributed by atoms with E-state index in [9.17, 15) is 19.8 Å². The summed E-state index contributed by atoms with van der Waals surface area (Å²) in [5.74, 6) is -0.509. The van der Waals surface area contributed by atoms with Crippen molar-refractivity contribution in [2.24, 2.45) is 0 Å². The van der Waals surface area contributed by atoms with Crippen LogP contribution in [0.5, 0.6) is 0 Å². The van der Waals surface area contributed by atoms with Crippen molar-refractivity contribution in [3.63, 3.8) is 0 Å². The Morgan fingerprint density at radius 3 is 1.25 bits per heavy atom. The maximum Gasteiger partial charge on any atom is 0.306 e. The van der Waals surface area contributed by atoms with E-state index in [0.717, 1.165) is 77.0 Å². The van der Waals surface area contributed by atoms with Gasteiger partial charge in [-0.3, -0.25) is 9.59 Å². The van der Waals surface area contributed by atoms with E-state index in [0.29, 0.717) is 19.3 Å². The first-order valence-corrected chi connectivity index (χ1v) is 27.9. The number of allylic oxidation sites excluding steroid dienone is 8. The van der Waals surface area contributed by atoms with E-state index in [-0.39, 0.29) is 24.9 Å². The molecule has 3 unspecified atom stereocenters. The summed E-state index contributed by atoms with van der Waals surface area (Å²) >= 11 is 0. The Morgan fingerprint density at radius 2 is 0.812 bits per heavy atom. The number of rotatable bonds is 50.